The van der Waals surface area contributed by atoms with Crippen LogP contribution in [0.25, 0.3) is 0 Å². The Bertz CT molecular complexity index is 619. The number of aromatic nitrogens is 3. The Morgan fingerprint density at radius 2 is 2.12 bits per heavy atom. The lowest BCUT2D eigenvalue weighted by atomic mass is 10.3. The Morgan fingerprint density at radius 1 is 1.35 bits per heavy atom. The number of hydrogen-bond donors (Lipinski definition) is 3. The molecule has 0 fully saturated rings. The van der Waals surface area contributed by atoms with Crippen LogP contribution in [0.3, 0.4) is 0 Å². The van der Waals surface area contributed by atoms with Crippen LogP contribution in [-0.2, 0) is 0 Å². The number of hydrogen-bond acceptors (Lipinski definition) is 3. The third-order valence-electron chi connectivity index (χ3n) is 1.89. The first kappa shape index (κ1) is 11.7. The van der Waals surface area contributed by atoms with Crippen LogP contribution in [0.1, 0.15) is 10.6 Å². The van der Waals surface area contributed by atoms with Crippen LogP contribution in [0, 0.1) is 0 Å². The molecule has 0 bridgehead atoms. The molecular formula is C9H6Cl2N4O2. The van der Waals surface area contributed by atoms with Crippen LogP contribution in [0.15, 0.2) is 23.0 Å². The average molecular weight is 273 g/mol. The summed E-state index contributed by atoms with van der Waals surface area (Å²) in [6, 6.07) is 4.63. The van der Waals surface area contributed by atoms with E-state index in [0.717, 1.165) is 0 Å². The highest BCUT2D eigenvalue weighted by Crippen LogP contribution is 2.25. The van der Waals surface area contributed by atoms with Gasteiger partial charge in [-0.25, -0.2) is 9.89 Å². The number of H-pyrrole nitrogens is 2. The number of anilines is 1. The molecule has 3 N–H and O–H groups in total. The first-order valence-corrected chi connectivity index (χ1v) is 5.23. The molecule has 0 aliphatic carbocycles. The summed E-state index contributed by atoms with van der Waals surface area (Å²) in [5.74, 6) is -0.724. The summed E-state index contributed by atoms with van der Waals surface area (Å²) < 4.78 is 0. The molecule has 1 amide bonds. The fourth-order valence-electron chi connectivity index (χ4n) is 1.15. The summed E-state index contributed by atoms with van der Waals surface area (Å²) in [4.78, 5) is 24.6. The van der Waals surface area contributed by atoms with E-state index in [1.165, 1.54) is 6.07 Å². The van der Waals surface area contributed by atoms with Crippen molar-refractivity contribution in [2.45, 2.75) is 0 Å². The largest absolute Gasteiger partial charge is 0.341 e. The lowest BCUT2D eigenvalue weighted by Gasteiger charge is -2.05. The highest BCUT2D eigenvalue weighted by molar-refractivity contribution is 6.35. The highest BCUT2D eigenvalue weighted by atomic mass is 35.5. The predicted molar refractivity (Wildman–Crippen MR) is 63.6 cm³/mol. The SMILES string of the molecule is O=C(Nc1cc(Cl)ccc1Cl)c1n[nH]c(=O)[nH]1. The lowest BCUT2D eigenvalue weighted by Crippen LogP contribution is -2.15. The van der Waals surface area contributed by atoms with Gasteiger partial charge in [-0.15, -0.1) is 5.10 Å². The Kier molecular flexibility index (Phi) is 3.16. The van der Waals surface area contributed by atoms with E-state index in [4.69, 9.17) is 23.2 Å². The maximum Gasteiger partial charge on any atom is 0.341 e. The van der Waals surface area contributed by atoms with Crippen molar-refractivity contribution in [2.24, 2.45) is 0 Å². The molecule has 0 unspecified atom stereocenters. The molecular weight excluding hydrogens is 267 g/mol. The standard InChI is InChI=1S/C9H6Cl2N4O2/c10-4-1-2-5(11)6(3-4)12-8(16)7-13-9(17)15-14-7/h1-3H,(H,12,16)(H2,13,14,15,17). The number of amides is 1. The highest BCUT2D eigenvalue weighted by Gasteiger charge is 2.12. The number of rotatable bonds is 2. The van der Waals surface area contributed by atoms with Crippen molar-refractivity contribution < 1.29 is 4.79 Å². The molecule has 1 heterocycles. The summed E-state index contributed by atoms with van der Waals surface area (Å²) >= 11 is 11.6. The first-order valence-electron chi connectivity index (χ1n) is 4.47. The van der Waals surface area contributed by atoms with Gasteiger partial charge < -0.3 is 5.32 Å². The zero-order chi connectivity index (χ0) is 12.4. The van der Waals surface area contributed by atoms with E-state index < -0.39 is 11.6 Å². The minimum atomic E-state index is -0.590. The summed E-state index contributed by atoms with van der Waals surface area (Å²) in [7, 11) is 0. The van der Waals surface area contributed by atoms with Gasteiger partial charge in [0, 0.05) is 5.02 Å². The van der Waals surface area contributed by atoms with Gasteiger partial charge in [0.2, 0.25) is 5.82 Å². The van der Waals surface area contributed by atoms with Crippen LogP contribution in [0.5, 0.6) is 0 Å². The van der Waals surface area contributed by atoms with Crippen LogP contribution in [0.4, 0.5) is 5.69 Å². The number of benzene rings is 1. The van der Waals surface area contributed by atoms with Gasteiger partial charge in [0.25, 0.3) is 5.91 Å². The van der Waals surface area contributed by atoms with Crippen molar-refractivity contribution >= 4 is 34.8 Å². The minimum Gasteiger partial charge on any atom is -0.318 e. The second kappa shape index (κ2) is 4.60. The van der Waals surface area contributed by atoms with Gasteiger partial charge >= 0.3 is 5.69 Å². The third-order valence-corrected chi connectivity index (χ3v) is 2.46. The molecule has 0 saturated carbocycles. The smallest absolute Gasteiger partial charge is 0.318 e. The molecule has 6 nitrogen and oxygen atoms in total. The topological polar surface area (TPSA) is 90.6 Å². The molecule has 1 aromatic heterocycles. The molecule has 2 rings (SSSR count). The van der Waals surface area contributed by atoms with Gasteiger partial charge in [-0.3, -0.25) is 9.78 Å². The maximum absolute atomic E-state index is 11.6. The monoisotopic (exact) mass is 272 g/mol. The van der Waals surface area contributed by atoms with Crippen molar-refractivity contribution in [3.63, 3.8) is 0 Å². The number of carbonyl (C=O) groups excluding carboxylic acids is 1. The third kappa shape index (κ3) is 2.66. The molecule has 0 atom stereocenters. The van der Waals surface area contributed by atoms with Gasteiger partial charge in [-0.05, 0) is 18.2 Å². The van der Waals surface area contributed by atoms with Crippen molar-refractivity contribution in [3.8, 4) is 0 Å². The van der Waals surface area contributed by atoms with Gasteiger partial charge in [-0.2, -0.15) is 0 Å². The van der Waals surface area contributed by atoms with Crippen LogP contribution in [0.2, 0.25) is 10.0 Å². The van der Waals surface area contributed by atoms with E-state index in [2.05, 4.69) is 20.5 Å². The molecule has 88 valence electrons. The van der Waals surface area contributed by atoms with Gasteiger partial charge in [-0.1, -0.05) is 23.2 Å². The molecule has 2 aromatic rings. The van der Waals surface area contributed by atoms with Crippen molar-refractivity contribution in [1.82, 2.24) is 15.2 Å². The zero-order valence-electron chi connectivity index (χ0n) is 8.25. The van der Waals surface area contributed by atoms with E-state index >= 15 is 0 Å². The van der Waals surface area contributed by atoms with Crippen LogP contribution < -0.4 is 11.0 Å². The Morgan fingerprint density at radius 3 is 2.76 bits per heavy atom. The van der Waals surface area contributed by atoms with Gasteiger partial charge in [0.05, 0.1) is 10.7 Å². The molecule has 0 aliphatic heterocycles. The van der Waals surface area contributed by atoms with E-state index in [9.17, 15) is 9.59 Å². The normalized spacial score (nSPS) is 10.2. The van der Waals surface area contributed by atoms with E-state index in [1.807, 2.05) is 0 Å². The molecule has 8 heteroatoms. The average Bonchev–Trinajstić information content (AvgIpc) is 2.70. The Balaban J connectivity index is 2.24. The summed E-state index contributed by atoms with van der Waals surface area (Å²) in [6.07, 6.45) is 0. The number of halogens is 2. The van der Waals surface area contributed by atoms with Crippen LogP contribution in [-0.4, -0.2) is 21.1 Å². The molecule has 0 saturated heterocycles. The van der Waals surface area contributed by atoms with Gasteiger partial charge in [0.1, 0.15) is 0 Å². The number of carbonyl (C=O) groups is 1. The number of aromatic amines is 2. The van der Waals surface area contributed by atoms with Crippen molar-refractivity contribution in [1.29, 1.82) is 0 Å². The summed E-state index contributed by atoms with van der Waals surface area (Å²) in [5, 5.41) is 8.80. The van der Waals surface area contributed by atoms with Crippen LogP contribution >= 0.6 is 23.2 Å². The number of nitrogens with one attached hydrogen (secondary N) is 3. The molecule has 17 heavy (non-hydrogen) atoms. The first-order chi connectivity index (χ1) is 8.06. The van der Waals surface area contributed by atoms with E-state index in [1.54, 1.807) is 12.1 Å². The molecule has 0 radical (unpaired) electrons. The Labute approximate surface area is 105 Å². The van der Waals surface area contributed by atoms with Gasteiger partial charge in [0.15, 0.2) is 0 Å². The van der Waals surface area contributed by atoms with E-state index in [-0.39, 0.29) is 5.82 Å². The second-order valence-electron chi connectivity index (χ2n) is 3.10. The fourth-order valence-corrected chi connectivity index (χ4v) is 1.49. The van der Waals surface area contributed by atoms with Crippen molar-refractivity contribution in [3.05, 3.63) is 44.6 Å². The van der Waals surface area contributed by atoms with Crippen molar-refractivity contribution in [2.75, 3.05) is 5.32 Å². The lowest BCUT2D eigenvalue weighted by molar-refractivity contribution is 0.101. The summed E-state index contributed by atoms with van der Waals surface area (Å²) in [6.45, 7) is 0. The Hall–Kier alpha value is -1.79. The molecule has 1 aromatic carbocycles. The second-order valence-corrected chi connectivity index (χ2v) is 3.95. The zero-order valence-corrected chi connectivity index (χ0v) is 9.76. The van der Waals surface area contributed by atoms with E-state index in [0.29, 0.717) is 15.7 Å². The number of nitrogens with zero attached hydrogens (tertiary/aromatic N) is 1. The maximum atomic E-state index is 11.6. The summed E-state index contributed by atoms with van der Waals surface area (Å²) in [5.41, 5.74) is -0.222. The molecule has 0 aliphatic rings. The molecule has 0 spiro atoms. The predicted octanol–water partition coefficient (Wildman–Crippen LogP) is 1.66. The fraction of sp³-hybridized carbons (Fsp3) is 0. The minimum absolute atomic E-state index is 0.133. The quantitative estimate of drug-likeness (QED) is 0.777.